The van der Waals surface area contributed by atoms with E-state index in [1.807, 2.05) is 18.2 Å². The number of fused-ring (bicyclic) bond motifs is 1. The molecule has 142 valence electrons. The lowest BCUT2D eigenvalue weighted by atomic mass is 10.2. The number of sulfone groups is 1. The molecule has 1 unspecified atom stereocenters. The topological polar surface area (TPSA) is 107 Å². The summed E-state index contributed by atoms with van der Waals surface area (Å²) >= 11 is 0. The fraction of sp³-hybridized carbons (Fsp3) is 0.333. The number of anilines is 2. The van der Waals surface area contributed by atoms with Crippen LogP contribution in [0.25, 0.3) is 0 Å². The Morgan fingerprint density at radius 3 is 2.56 bits per heavy atom. The number of amides is 1. The Hall–Kier alpha value is -2.81. The van der Waals surface area contributed by atoms with Gasteiger partial charge in [0.25, 0.3) is 5.91 Å². The Morgan fingerprint density at radius 2 is 1.85 bits per heavy atom. The van der Waals surface area contributed by atoms with Crippen molar-refractivity contribution in [3.63, 3.8) is 0 Å². The first-order valence-corrected chi connectivity index (χ1v) is 10.4. The Labute approximate surface area is 156 Å². The van der Waals surface area contributed by atoms with Crippen LogP contribution in [0.2, 0.25) is 0 Å². The highest BCUT2D eigenvalue weighted by Gasteiger charge is 2.29. The van der Waals surface area contributed by atoms with Crippen LogP contribution < -0.4 is 20.1 Å². The summed E-state index contributed by atoms with van der Waals surface area (Å²) in [5.74, 6) is 1.13. The third kappa shape index (κ3) is 4.13. The van der Waals surface area contributed by atoms with Crippen LogP contribution in [-0.4, -0.2) is 50.1 Å². The molecule has 0 bridgehead atoms. The van der Waals surface area contributed by atoms with Gasteiger partial charge in [0.15, 0.2) is 21.3 Å². The number of aromatic nitrogens is 1. The SMILES string of the molecule is O=C(NC1CCS(=O)(=O)C1)c1ccc(Nc2ccc3c(c2)OCCO3)cn1. The normalized spacial score (nSPS) is 20.1. The molecule has 1 fully saturated rings. The number of carbonyl (C=O) groups is 1. The Kier molecular flexibility index (Phi) is 4.61. The van der Waals surface area contributed by atoms with Gasteiger partial charge in [0.2, 0.25) is 0 Å². The average Bonchev–Trinajstić information content (AvgIpc) is 3.00. The zero-order chi connectivity index (χ0) is 18.9. The lowest BCUT2D eigenvalue weighted by Gasteiger charge is -2.19. The second-order valence-electron chi connectivity index (χ2n) is 6.49. The maximum atomic E-state index is 12.2. The predicted molar refractivity (Wildman–Crippen MR) is 99.5 cm³/mol. The molecule has 1 saturated heterocycles. The molecule has 0 radical (unpaired) electrons. The number of benzene rings is 1. The molecule has 0 saturated carbocycles. The molecule has 9 heteroatoms. The molecule has 1 aromatic carbocycles. The van der Waals surface area contributed by atoms with E-state index in [4.69, 9.17) is 9.47 Å². The van der Waals surface area contributed by atoms with Gasteiger partial charge in [0.1, 0.15) is 18.9 Å². The van der Waals surface area contributed by atoms with E-state index in [-0.39, 0.29) is 29.1 Å². The van der Waals surface area contributed by atoms with E-state index in [0.29, 0.717) is 36.8 Å². The minimum Gasteiger partial charge on any atom is -0.486 e. The highest BCUT2D eigenvalue weighted by atomic mass is 32.2. The van der Waals surface area contributed by atoms with Gasteiger partial charge in [0, 0.05) is 17.8 Å². The molecule has 27 heavy (non-hydrogen) atoms. The van der Waals surface area contributed by atoms with Crippen molar-refractivity contribution in [3.05, 3.63) is 42.2 Å². The van der Waals surface area contributed by atoms with Crippen molar-refractivity contribution in [3.8, 4) is 11.5 Å². The van der Waals surface area contributed by atoms with Crippen LogP contribution in [0, 0.1) is 0 Å². The summed E-state index contributed by atoms with van der Waals surface area (Å²) in [5, 5.41) is 5.92. The molecule has 0 spiro atoms. The standard InChI is InChI=1S/C18H19N3O5S/c22-18(21-14-5-8-27(23,24)11-14)15-3-1-13(10-19-15)20-12-2-4-16-17(9-12)26-7-6-25-16/h1-4,9-10,14,20H,5-8,11H2,(H,21,22). The lowest BCUT2D eigenvalue weighted by molar-refractivity contribution is 0.0936. The number of nitrogens with one attached hydrogen (secondary N) is 2. The molecule has 2 N–H and O–H groups in total. The van der Waals surface area contributed by atoms with Gasteiger partial charge in [-0.25, -0.2) is 13.4 Å². The van der Waals surface area contributed by atoms with Crippen LogP contribution in [0.15, 0.2) is 36.5 Å². The third-order valence-corrected chi connectivity index (χ3v) is 6.16. The van der Waals surface area contributed by atoms with Gasteiger partial charge >= 0.3 is 0 Å². The number of rotatable bonds is 4. The fourth-order valence-corrected chi connectivity index (χ4v) is 4.73. The summed E-state index contributed by atoms with van der Waals surface area (Å²) in [6, 6.07) is 8.54. The van der Waals surface area contributed by atoms with Crippen molar-refractivity contribution in [2.45, 2.75) is 12.5 Å². The van der Waals surface area contributed by atoms with Crippen LogP contribution in [-0.2, 0) is 9.84 Å². The van der Waals surface area contributed by atoms with Crippen LogP contribution in [0.3, 0.4) is 0 Å². The zero-order valence-electron chi connectivity index (χ0n) is 14.5. The number of pyridine rings is 1. The second-order valence-corrected chi connectivity index (χ2v) is 8.72. The second kappa shape index (κ2) is 7.07. The van der Waals surface area contributed by atoms with Gasteiger partial charge in [-0.3, -0.25) is 4.79 Å². The van der Waals surface area contributed by atoms with E-state index in [9.17, 15) is 13.2 Å². The maximum Gasteiger partial charge on any atom is 0.270 e. The van der Waals surface area contributed by atoms with Crippen LogP contribution >= 0.6 is 0 Å². The summed E-state index contributed by atoms with van der Waals surface area (Å²) in [6.45, 7) is 1.06. The molecule has 0 aliphatic carbocycles. The van der Waals surface area contributed by atoms with E-state index in [2.05, 4.69) is 15.6 Å². The molecule has 4 rings (SSSR count). The highest BCUT2D eigenvalue weighted by Crippen LogP contribution is 2.33. The van der Waals surface area contributed by atoms with Gasteiger partial charge in [-0.05, 0) is 30.7 Å². The van der Waals surface area contributed by atoms with Gasteiger partial charge in [-0.2, -0.15) is 0 Å². The quantitative estimate of drug-likeness (QED) is 0.816. The smallest absolute Gasteiger partial charge is 0.270 e. The van der Waals surface area contributed by atoms with Crippen molar-refractivity contribution >= 4 is 27.1 Å². The van der Waals surface area contributed by atoms with Gasteiger partial charge in [-0.1, -0.05) is 0 Å². The third-order valence-electron chi connectivity index (χ3n) is 4.39. The van der Waals surface area contributed by atoms with Crippen molar-refractivity contribution in [1.29, 1.82) is 0 Å². The Balaban J connectivity index is 1.39. The number of ether oxygens (including phenoxy) is 2. The van der Waals surface area contributed by atoms with Gasteiger partial charge in [-0.15, -0.1) is 0 Å². The van der Waals surface area contributed by atoms with Crippen molar-refractivity contribution in [1.82, 2.24) is 10.3 Å². The first-order chi connectivity index (χ1) is 13.0. The highest BCUT2D eigenvalue weighted by molar-refractivity contribution is 7.91. The summed E-state index contributed by atoms with van der Waals surface area (Å²) in [4.78, 5) is 16.4. The van der Waals surface area contributed by atoms with E-state index in [0.717, 1.165) is 5.69 Å². The van der Waals surface area contributed by atoms with E-state index in [1.54, 1.807) is 18.3 Å². The Bertz CT molecular complexity index is 959. The Morgan fingerprint density at radius 1 is 1.07 bits per heavy atom. The number of hydrogen-bond donors (Lipinski definition) is 2. The van der Waals surface area contributed by atoms with Crippen molar-refractivity contribution in [2.75, 3.05) is 30.0 Å². The van der Waals surface area contributed by atoms with Gasteiger partial charge in [0.05, 0.1) is 23.4 Å². The maximum absolute atomic E-state index is 12.2. The molecule has 8 nitrogen and oxygen atoms in total. The van der Waals surface area contributed by atoms with E-state index in [1.165, 1.54) is 0 Å². The molecule has 2 aromatic rings. The summed E-state index contributed by atoms with van der Waals surface area (Å²) in [6.07, 6.45) is 1.99. The van der Waals surface area contributed by atoms with E-state index < -0.39 is 9.84 Å². The number of hydrogen-bond acceptors (Lipinski definition) is 7. The summed E-state index contributed by atoms with van der Waals surface area (Å²) in [5.41, 5.74) is 1.77. The van der Waals surface area contributed by atoms with Crippen LogP contribution in [0.4, 0.5) is 11.4 Å². The molecule has 1 aromatic heterocycles. The molecule has 2 aliphatic rings. The first-order valence-electron chi connectivity index (χ1n) is 8.62. The van der Waals surface area contributed by atoms with Crippen molar-refractivity contribution in [2.24, 2.45) is 0 Å². The van der Waals surface area contributed by atoms with Crippen LogP contribution in [0.1, 0.15) is 16.9 Å². The predicted octanol–water partition coefficient (Wildman–Crippen LogP) is 1.51. The monoisotopic (exact) mass is 389 g/mol. The van der Waals surface area contributed by atoms with E-state index >= 15 is 0 Å². The molecular formula is C18H19N3O5S. The molecule has 1 atom stereocenters. The summed E-state index contributed by atoms with van der Waals surface area (Å²) in [7, 11) is -3.04. The van der Waals surface area contributed by atoms with Gasteiger partial charge < -0.3 is 20.1 Å². The molecule has 3 heterocycles. The average molecular weight is 389 g/mol. The first kappa shape index (κ1) is 17.6. The van der Waals surface area contributed by atoms with Crippen LogP contribution in [0.5, 0.6) is 11.5 Å². The molecule has 1 amide bonds. The zero-order valence-corrected chi connectivity index (χ0v) is 15.3. The van der Waals surface area contributed by atoms with Crippen molar-refractivity contribution < 1.29 is 22.7 Å². The minimum absolute atomic E-state index is 0.0114. The fourth-order valence-electron chi connectivity index (χ4n) is 3.06. The largest absolute Gasteiger partial charge is 0.486 e. The number of carbonyl (C=O) groups excluding carboxylic acids is 1. The molecular weight excluding hydrogens is 370 g/mol. The summed E-state index contributed by atoms with van der Waals surface area (Å²) < 4.78 is 34.0. The molecule has 2 aliphatic heterocycles. The lowest BCUT2D eigenvalue weighted by Crippen LogP contribution is -2.36. The number of nitrogens with zero attached hydrogens (tertiary/aromatic N) is 1. The minimum atomic E-state index is -3.04.